The number of hydrogen-bond donors (Lipinski definition) is 2. The van der Waals surface area contributed by atoms with Gasteiger partial charge in [-0.15, -0.1) is 0 Å². The predicted molar refractivity (Wildman–Crippen MR) is 105 cm³/mol. The average Bonchev–Trinajstić information content (AvgIpc) is 2.63. The molecule has 26 heavy (non-hydrogen) atoms. The third-order valence-corrected chi connectivity index (χ3v) is 7.03. The fraction of sp³-hybridized carbons (Fsp3) is 0.435. The number of anilines is 1. The molecule has 0 amide bonds. The lowest BCUT2D eigenvalue weighted by atomic mass is 9.45. The van der Waals surface area contributed by atoms with Crippen LogP contribution in [0.2, 0.25) is 0 Å². The summed E-state index contributed by atoms with van der Waals surface area (Å²) >= 11 is 0. The third kappa shape index (κ3) is 2.80. The Morgan fingerprint density at radius 2 is 1.81 bits per heavy atom. The number of nitrogens with one attached hydrogen (secondary N) is 1. The van der Waals surface area contributed by atoms with Gasteiger partial charge in [-0.2, -0.15) is 0 Å². The summed E-state index contributed by atoms with van der Waals surface area (Å²) in [7, 11) is 0. The number of carboxylic acid groups (broad SMARTS) is 1. The number of fused-ring (bicyclic) bond motifs is 2. The molecule has 136 valence electrons. The highest BCUT2D eigenvalue weighted by Crippen LogP contribution is 2.61. The number of hydrogen-bond acceptors (Lipinski definition) is 2. The summed E-state index contributed by atoms with van der Waals surface area (Å²) in [6.45, 7) is 7.26. The number of carboxylic acids is 1. The van der Waals surface area contributed by atoms with E-state index in [0.717, 1.165) is 28.7 Å². The van der Waals surface area contributed by atoms with Crippen molar-refractivity contribution in [3.63, 3.8) is 0 Å². The summed E-state index contributed by atoms with van der Waals surface area (Å²) in [5, 5.41) is 12.8. The molecule has 0 aromatic heterocycles. The van der Waals surface area contributed by atoms with Crippen molar-refractivity contribution in [1.82, 2.24) is 0 Å². The van der Waals surface area contributed by atoms with Crippen molar-refractivity contribution in [3.05, 3.63) is 54.1 Å². The molecule has 3 heteroatoms. The SMILES string of the molecule is C[C@@H]1[C@@H](Nc2cccc(-c3ccc(C(=O)O)cc3)c2)C[C@H]2C[C@@H]1C2(C)C. The van der Waals surface area contributed by atoms with Gasteiger partial charge >= 0.3 is 5.97 Å². The first-order valence-electron chi connectivity index (χ1n) is 9.56. The highest BCUT2D eigenvalue weighted by molar-refractivity contribution is 5.88. The number of benzene rings is 2. The molecule has 5 rings (SSSR count). The van der Waals surface area contributed by atoms with Crippen LogP contribution in [-0.4, -0.2) is 17.1 Å². The van der Waals surface area contributed by atoms with E-state index >= 15 is 0 Å². The van der Waals surface area contributed by atoms with E-state index in [1.165, 1.54) is 12.8 Å². The Kier molecular flexibility index (Phi) is 4.06. The Bertz CT molecular complexity index is 824. The molecule has 2 aromatic rings. The summed E-state index contributed by atoms with van der Waals surface area (Å²) < 4.78 is 0. The minimum Gasteiger partial charge on any atom is -0.478 e. The van der Waals surface area contributed by atoms with Crippen molar-refractivity contribution in [2.45, 2.75) is 39.7 Å². The second-order valence-electron chi connectivity index (χ2n) is 8.67. The second-order valence-corrected chi connectivity index (χ2v) is 8.67. The maximum atomic E-state index is 11.0. The third-order valence-electron chi connectivity index (χ3n) is 7.03. The Morgan fingerprint density at radius 1 is 1.08 bits per heavy atom. The first kappa shape index (κ1) is 17.1. The quantitative estimate of drug-likeness (QED) is 0.762. The predicted octanol–water partition coefficient (Wildman–Crippen LogP) is 5.53. The van der Waals surface area contributed by atoms with Gasteiger partial charge in [-0.3, -0.25) is 0 Å². The fourth-order valence-electron chi connectivity index (χ4n) is 5.15. The largest absolute Gasteiger partial charge is 0.478 e. The maximum Gasteiger partial charge on any atom is 0.335 e. The average molecular weight is 349 g/mol. The Labute approximate surface area is 155 Å². The van der Waals surface area contributed by atoms with Crippen molar-refractivity contribution in [3.8, 4) is 11.1 Å². The van der Waals surface area contributed by atoms with Crippen molar-refractivity contribution in [1.29, 1.82) is 0 Å². The summed E-state index contributed by atoms with van der Waals surface area (Å²) in [5.41, 5.74) is 4.13. The van der Waals surface area contributed by atoms with Crippen molar-refractivity contribution in [2.75, 3.05) is 5.32 Å². The van der Waals surface area contributed by atoms with Crippen LogP contribution in [0.5, 0.6) is 0 Å². The first-order chi connectivity index (χ1) is 12.4. The van der Waals surface area contributed by atoms with Crippen LogP contribution in [-0.2, 0) is 0 Å². The van der Waals surface area contributed by atoms with Crippen LogP contribution < -0.4 is 5.32 Å². The van der Waals surface area contributed by atoms with Crippen LogP contribution in [0.4, 0.5) is 5.69 Å². The molecule has 2 bridgehead atoms. The van der Waals surface area contributed by atoms with E-state index in [2.05, 4.69) is 50.4 Å². The van der Waals surface area contributed by atoms with Crippen LogP contribution in [0.25, 0.3) is 11.1 Å². The zero-order valence-corrected chi connectivity index (χ0v) is 15.7. The van der Waals surface area contributed by atoms with E-state index in [1.54, 1.807) is 12.1 Å². The highest BCUT2D eigenvalue weighted by atomic mass is 16.4. The van der Waals surface area contributed by atoms with Gasteiger partial charge in [0, 0.05) is 11.7 Å². The molecule has 2 aromatic carbocycles. The molecule has 3 saturated carbocycles. The lowest BCUT2D eigenvalue weighted by Crippen LogP contribution is -2.58. The Hall–Kier alpha value is -2.29. The molecule has 0 heterocycles. The van der Waals surface area contributed by atoms with Gasteiger partial charge in [-0.1, -0.05) is 45.0 Å². The van der Waals surface area contributed by atoms with Crippen LogP contribution >= 0.6 is 0 Å². The molecule has 0 unspecified atom stereocenters. The summed E-state index contributed by atoms with van der Waals surface area (Å²) in [6.07, 6.45) is 2.64. The Balaban J connectivity index is 1.51. The summed E-state index contributed by atoms with van der Waals surface area (Å²) in [5.74, 6) is 1.46. The van der Waals surface area contributed by atoms with E-state index in [4.69, 9.17) is 5.11 Å². The monoisotopic (exact) mass is 349 g/mol. The minimum absolute atomic E-state index is 0.320. The summed E-state index contributed by atoms with van der Waals surface area (Å²) in [6, 6.07) is 16.1. The molecule has 0 saturated heterocycles. The van der Waals surface area contributed by atoms with Gasteiger partial charge in [0.15, 0.2) is 0 Å². The minimum atomic E-state index is -0.889. The molecular formula is C23H27NO2. The van der Waals surface area contributed by atoms with Gasteiger partial charge in [0.2, 0.25) is 0 Å². The van der Waals surface area contributed by atoms with E-state index in [1.807, 2.05) is 12.1 Å². The molecular weight excluding hydrogens is 322 g/mol. The molecule has 2 N–H and O–H groups in total. The number of carbonyl (C=O) groups is 1. The van der Waals surface area contributed by atoms with E-state index in [9.17, 15) is 4.79 Å². The topological polar surface area (TPSA) is 49.3 Å². The normalized spacial score (nSPS) is 28.9. The molecule has 0 radical (unpaired) electrons. The van der Waals surface area contributed by atoms with Crippen molar-refractivity contribution in [2.24, 2.45) is 23.2 Å². The number of aromatic carboxylic acids is 1. The van der Waals surface area contributed by atoms with E-state index in [0.29, 0.717) is 22.9 Å². The molecule has 3 aliphatic carbocycles. The van der Waals surface area contributed by atoms with E-state index in [-0.39, 0.29) is 0 Å². The lowest BCUT2D eigenvalue weighted by molar-refractivity contribution is -0.105. The van der Waals surface area contributed by atoms with Crippen LogP contribution in [0.3, 0.4) is 0 Å². The van der Waals surface area contributed by atoms with Gasteiger partial charge in [-0.05, 0) is 71.4 Å². The molecule has 0 spiro atoms. The fourth-order valence-corrected chi connectivity index (χ4v) is 5.15. The molecule has 4 atom stereocenters. The molecule has 0 aliphatic heterocycles. The van der Waals surface area contributed by atoms with Gasteiger partial charge in [0.05, 0.1) is 5.56 Å². The van der Waals surface area contributed by atoms with Crippen molar-refractivity contribution >= 4 is 11.7 Å². The number of rotatable bonds is 4. The van der Waals surface area contributed by atoms with Gasteiger partial charge in [0.25, 0.3) is 0 Å². The maximum absolute atomic E-state index is 11.0. The zero-order valence-electron chi connectivity index (χ0n) is 15.7. The van der Waals surface area contributed by atoms with Gasteiger partial charge in [0.1, 0.15) is 0 Å². The highest BCUT2D eigenvalue weighted by Gasteiger charge is 2.56. The van der Waals surface area contributed by atoms with Crippen LogP contribution in [0.15, 0.2) is 48.5 Å². The zero-order chi connectivity index (χ0) is 18.5. The molecule has 3 aliphatic rings. The van der Waals surface area contributed by atoms with Gasteiger partial charge in [-0.25, -0.2) is 4.79 Å². The van der Waals surface area contributed by atoms with Crippen molar-refractivity contribution < 1.29 is 9.90 Å². The van der Waals surface area contributed by atoms with Crippen LogP contribution in [0, 0.1) is 23.2 Å². The Morgan fingerprint density at radius 3 is 2.42 bits per heavy atom. The lowest BCUT2D eigenvalue weighted by Gasteiger charge is -2.62. The van der Waals surface area contributed by atoms with Gasteiger partial charge < -0.3 is 10.4 Å². The standard InChI is InChI=1S/C23H27NO2/c1-14-20-12-18(23(20,2)3)13-21(14)24-19-6-4-5-17(11-19)15-7-9-16(10-8-15)22(25)26/h4-11,14,18,20-21,24H,12-13H2,1-3H3,(H,25,26)/t14-,18+,20-,21-/m0/s1. The summed E-state index contributed by atoms with van der Waals surface area (Å²) in [4.78, 5) is 11.0. The smallest absolute Gasteiger partial charge is 0.335 e. The first-order valence-corrected chi connectivity index (χ1v) is 9.56. The second kappa shape index (κ2) is 6.15. The van der Waals surface area contributed by atoms with E-state index < -0.39 is 5.97 Å². The molecule has 3 nitrogen and oxygen atoms in total. The van der Waals surface area contributed by atoms with Crippen LogP contribution in [0.1, 0.15) is 44.0 Å². The molecule has 3 fully saturated rings.